The number of methoxy groups -OCH3 is 1. The molecule has 1 saturated carbocycles. The minimum Gasteiger partial charge on any atom is -0.497 e. The number of benzene rings is 1. The van der Waals surface area contributed by atoms with Gasteiger partial charge < -0.3 is 9.47 Å². The molecule has 1 fully saturated rings. The molecular weight excluding hydrogens is 276 g/mol. The zero-order valence-electron chi connectivity index (χ0n) is 13.8. The normalized spacial score (nSPS) is 21.4. The Hall–Kier alpha value is -1.51. The number of carbonyl (C=O) groups excluding carboxylic acids is 1. The van der Waals surface area contributed by atoms with Gasteiger partial charge in [-0.05, 0) is 42.4 Å². The van der Waals surface area contributed by atoms with Crippen molar-refractivity contribution in [1.82, 2.24) is 0 Å². The highest BCUT2D eigenvalue weighted by Crippen LogP contribution is 2.31. The lowest BCUT2D eigenvalue weighted by atomic mass is 9.80. The SMILES string of the molecule is CCC[C@H]1CC[C@H](COC(=O)Cc2ccc(OC)cc2)CC1. The second-order valence-corrected chi connectivity index (χ2v) is 6.38. The van der Waals surface area contributed by atoms with Gasteiger partial charge in [-0.3, -0.25) is 4.79 Å². The quantitative estimate of drug-likeness (QED) is 0.701. The van der Waals surface area contributed by atoms with Crippen LogP contribution < -0.4 is 4.74 Å². The molecule has 2 rings (SSSR count). The van der Waals surface area contributed by atoms with Gasteiger partial charge in [-0.25, -0.2) is 0 Å². The van der Waals surface area contributed by atoms with Crippen LogP contribution >= 0.6 is 0 Å². The summed E-state index contributed by atoms with van der Waals surface area (Å²) in [5.74, 6) is 2.14. The van der Waals surface area contributed by atoms with Gasteiger partial charge in [-0.15, -0.1) is 0 Å². The Morgan fingerprint density at radius 2 is 1.73 bits per heavy atom. The number of carbonyl (C=O) groups is 1. The third-order valence-corrected chi connectivity index (χ3v) is 4.65. The maximum absolute atomic E-state index is 11.9. The molecule has 1 aliphatic carbocycles. The van der Waals surface area contributed by atoms with Gasteiger partial charge in [0.05, 0.1) is 20.1 Å². The molecule has 3 nitrogen and oxygen atoms in total. The van der Waals surface area contributed by atoms with Crippen LogP contribution in [0.4, 0.5) is 0 Å². The summed E-state index contributed by atoms with van der Waals surface area (Å²) in [4.78, 5) is 11.9. The summed E-state index contributed by atoms with van der Waals surface area (Å²) in [5, 5.41) is 0. The molecule has 0 heterocycles. The van der Waals surface area contributed by atoms with Crippen molar-refractivity contribution in [1.29, 1.82) is 0 Å². The van der Waals surface area contributed by atoms with Crippen LogP contribution in [0.1, 0.15) is 51.0 Å². The van der Waals surface area contributed by atoms with Crippen molar-refractivity contribution in [3.63, 3.8) is 0 Å². The van der Waals surface area contributed by atoms with E-state index in [1.165, 1.54) is 38.5 Å². The minimum atomic E-state index is -0.124. The highest BCUT2D eigenvalue weighted by atomic mass is 16.5. The van der Waals surface area contributed by atoms with Crippen LogP contribution in [0.15, 0.2) is 24.3 Å². The second-order valence-electron chi connectivity index (χ2n) is 6.38. The first-order valence-electron chi connectivity index (χ1n) is 8.49. The molecular formula is C19H28O3. The van der Waals surface area contributed by atoms with Crippen molar-refractivity contribution in [2.75, 3.05) is 13.7 Å². The maximum Gasteiger partial charge on any atom is 0.310 e. The number of hydrogen-bond donors (Lipinski definition) is 0. The van der Waals surface area contributed by atoms with Crippen molar-refractivity contribution < 1.29 is 14.3 Å². The first-order valence-corrected chi connectivity index (χ1v) is 8.49. The zero-order valence-corrected chi connectivity index (χ0v) is 13.8. The predicted molar refractivity (Wildman–Crippen MR) is 88.0 cm³/mol. The summed E-state index contributed by atoms with van der Waals surface area (Å²) in [6.45, 7) is 2.85. The lowest BCUT2D eigenvalue weighted by Crippen LogP contribution is -2.21. The van der Waals surface area contributed by atoms with Gasteiger partial charge in [-0.1, -0.05) is 44.7 Å². The Bertz CT molecular complexity index is 444. The van der Waals surface area contributed by atoms with Crippen LogP contribution in [0.3, 0.4) is 0 Å². The molecule has 0 N–H and O–H groups in total. The molecule has 0 spiro atoms. The summed E-state index contributed by atoms with van der Waals surface area (Å²) in [6.07, 6.45) is 8.00. The zero-order chi connectivity index (χ0) is 15.8. The minimum absolute atomic E-state index is 0.124. The van der Waals surface area contributed by atoms with Crippen LogP contribution in [-0.2, 0) is 16.0 Å². The van der Waals surface area contributed by atoms with E-state index >= 15 is 0 Å². The van der Waals surface area contributed by atoms with Gasteiger partial charge in [-0.2, -0.15) is 0 Å². The smallest absolute Gasteiger partial charge is 0.310 e. The third-order valence-electron chi connectivity index (χ3n) is 4.65. The van der Waals surface area contributed by atoms with Crippen molar-refractivity contribution >= 4 is 5.97 Å². The average molecular weight is 304 g/mol. The van der Waals surface area contributed by atoms with Crippen molar-refractivity contribution in [2.24, 2.45) is 11.8 Å². The summed E-state index contributed by atoms with van der Waals surface area (Å²) in [7, 11) is 1.64. The van der Waals surface area contributed by atoms with E-state index in [2.05, 4.69) is 6.92 Å². The topological polar surface area (TPSA) is 35.5 Å². The first-order chi connectivity index (χ1) is 10.7. The fourth-order valence-corrected chi connectivity index (χ4v) is 3.27. The van der Waals surface area contributed by atoms with Crippen LogP contribution in [0.5, 0.6) is 5.75 Å². The molecule has 0 radical (unpaired) electrons. The highest BCUT2D eigenvalue weighted by Gasteiger charge is 2.21. The van der Waals surface area contributed by atoms with Gasteiger partial charge in [0, 0.05) is 0 Å². The average Bonchev–Trinajstić information content (AvgIpc) is 2.55. The number of hydrogen-bond acceptors (Lipinski definition) is 3. The van der Waals surface area contributed by atoms with E-state index in [0.29, 0.717) is 18.9 Å². The van der Waals surface area contributed by atoms with E-state index in [-0.39, 0.29) is 5.97 Å². The number of esters is 1. The monoisotopic (exact) mass is 304 g/mol. The Kier molecular flexibility index (Phi) is 6.75. The van der Waals surface area contributed by atoms with E-state index in [1.807, 2.05) is 24.3 Å². The van der Waals surface area contributed by atoms with Gasteiger partial charge in [0.15, 0.2) is 0 Å². The molecule has 0 aliphatic heterocycles. The molecule has 122 valence electrons. The Labute approximate surface area is 134 Å². The molecule has 0 bridgehead atoms. The molecule has 3 heteroatoms. The van der Waals surface area contributed by atoms with Gasteiger partial charge >= 0.3 is 5.97 Å². The van der Waals surface area contributed by atoms with Crippen LogP contribution in [0, 0.1) is 11.8 Å². The predicted octanol–water partition coefficient (Wildman–Crippen LogP) is 4.39. The van der Waals surface area contributed by atoms with Crippen molar-refractivity contribution in [2.45, 2.75) is 51.9 Å². The molecule has 0 aromatic heterocycles. The second kappa shape index (κ2) is 8.82. The fraction of sp³-hybridized carbons (Fsp3) is 0.632. The number of ether oxygens (including phenoxy) is 2. The highest BCUT2D eigenvalue weighted by molar-refractivity contribution is 5.72. The lowest BCUT2D eigenvalue weighted by molar-refractivity contribution is -0.144. The summed E-state index contributed by atoms with van der Waals surface area (Å²) >= 11 is 0. The van der Waals surface area contributed by atoms with Gasteiger partial charge in [0.2, 0.25) is 0 Å². The summed E-state index contributed by atoms with van der Waals surface area (Å²) in [6, 6.07) is 7.57. The standard InChI is InChI=1S/C19H28O3/c1-3-4-15-5-7-17(8-6-15)14-22-19(20)13-16-9-11-18(21-2)12-10-16/h9-12,15,17H,3-8,13-14H2,1-2H3/t15-,17-. The molecule has 1 aromatic rings. The molecule has 1 aliphatic rings. The molecule has 22 heavy (non-hydrogen) atoms. The van der Waals surface area contributed by atoms with E-state index in [9.17, 15) is 4.79 Å². The molecule has 0 atom stereocenters. The van der Waals surface area contributed by atoms with E-state index in [4.69, 9.17) is 9.47 Å². The maximum atomic E-state index is 11.9. The van der Waals surface area contributed by atoms with Crippen molar-refractivity contribution in [3.05, 3.63) is 29.8 Å². The molecule has 0 unspecified atom stereocenters. The van der Waals surface area contributed by atoms with E-state index in [1.54, 1.807) is 7.11 Å². The van der Waals surface area contributed by atoms with Gasteiger partial charge in [0.1, 0.15) is 5.75 Å². The lowest BCUT2D eigenvalue weighted by Gasteiger charge is -2.27. The summed E-state index contributed by atoms with van der Waals surface area (Å²) in [5.41, 5.74) is 0.970. The van der Waals surface area contributed by atoms with E-state index in [0.717, 1.165) is 17.2 Å². The van der Waals surface area contributed by atoms with E-state index < -0.39 is 0 Å². The van der Waals surface area contributed by atoms with Gasteiger partial charge in [0.25, 0.3) is 0 Å². The van der Waals surface area contributed by atoms with Crippen molar-refractivity contribution in [3.8, 4) is 5.75 Å². The number of rotatable bonds is 7. The van der Waals surface area contributed by atoms with Crippen LogP contribution in [-0.4, -0.2) is 19.7 Å². The summed E-state index contributed by atoms with van der Waals surface area (Å²) < 4.78 is 10.6. The van der Waals surface area contributed by atoms with Crippen LogP contribution in [0.25, 0.3) is 0 Å². The Morgan fingerprint density at radius 1 is 1.09 bits per heavy atom. The Balaban J connectivity index is 1.67. The third kappa shape index (κ3) is 5.36. The molecule has 0 saturated heterocycles. The van der Waals surface area contributed by atoms with Crippen LogP contribution in [0.2, 0.25) is 0 Å². The molecule has 0 amide bonds. The fourth-order valence-electron chi connectivity index (χ4n) is 3.27. The first kappa shape index (κ1) is 16.9. The Morgan fingerprint density at radius 3 is 2.32 bits per heavy atom. The largest absolute Gasteiger partial charge is 0.497 e. The molecule has 1 aromatic carbocycles.